The third kappa shape index (κ3) is 3.71. The standard InChI is InChI=1S/C16H32N2/c1-2-14(10-11-17)6-4-12-18-13-5-8-15-7-3-9-16(15)18/h14-16H,2-13,17H2,1H3. The minimum atomic E-state index is 0.868. The van der Waals surface area contributed by atoms with Gasteiger partial charge in [-0.3, -0.25) is 0 Å². The van der Waals surface area contributed by atoms with E-state index in [0.29, 0.717) is 0 Å². The highest BCUT2D eigenvalue weighted by Gasteiger charge is 2.34. The second kappa shape index (κ2) is 7.49. The third-order valence-electron chi connectivity index (χ3n) is 5.32. The first kappa shape index (κ1) is 14.3. The zero-order valence-corrected chi connectivity index (χ0v) is 12.2. The summed E-state index contributed by atoms with van der Waals surface area (Å²) in [5.74, 6) is 1.92. The van der Waals surface area contributed by atoms with Gasteiger partial charge in [0.25, 0.3) is 0 Å². The fourth-order valence-electron chi connectivity index (χ4n) is 4.21. The lowest BCUT2D eigenvalue weighted by molar-refractivity contribution is 0.109. The number of nitrogens with zero attached hydrogens (tertiary/aromatic N) is 1. The van der Waals surface area contributed by atoms with Crippen molar-refractivity contribution >= 4 is 0 Å². The molecule has 2 fully saturated rings. The topological polar surface area (TPSA) is 29.3 Å². The highest BCUT2D eigenvalue weighted by molar-refractivity contribution is 4.89. The van der Waals surface area contributed by atoms with Gasteiger partial charge in [-0.15, -0.1) is 0 Å². The average molecular weight is 252 g/mol. The molecule has 0 radical (unpaired) electrons. The average Bonchev–Trinajstić information content (AvgIpc) is 2.86. The summed E-state index contributed by atoms with van der Waals surface area (Å²) in [6.45, 7) is 5.90. The van der Waals surface area contributed by atoms with Crippen molar-refractivity contribution in [3.8, 4) is 0 Å². The quantitative estimate of drug-likeness (QED) is 0.752. The van der Waals surface area contributed by atoms with E-state index >= 15 is 0 Å². The van der Waals surface area contributed by atoms with Crippen LogP contribution in [-0.4, -0.2) is 30.6 Å². The van der Waals surface area contributed by atoms with E-state index in [1.807, 2.05) is 0 Å². The number of hydrogen-bond donors (Lipinski definition) is 1. The molecule has 0 aromatic heterocycles. The Labute approximate surface area is 113 Å². The molecule has 0 amide bonds. The van der Waals surface area contributed by atoms with Gasteiger partial charge >= 0.3 is 0 Å². The van der Waals surface area contributed by atoms with Crippen LogP contribution >= 0.6 is 0 Å². The van der Waals surface area contributed by atoms with Crippen molar-refractivity contribution in [2.45, 2.75) is 70.8 Å². The lowest BCUT2D eigenvalue weighted by Gasteiger charge is -2.38. The number of rotatable bonds is 7. The fraction of sp³-hybridized carbons (Fsp3) is 1.00. The van der Waals surface area contributed by atoms with Crippen LogP contribution < -0.4 is 5.73 Å². The van der Waals surface area contributed by atoms with Crippen LogP contribution in [-0.2, 0) is 0 Å². The Morgan fingerprint density at radius 1 is 1.17 bits per heavy atom. The summed E-state index contributed by atoms with van der Waals surface area (Å²) < 4.78 is 0. The molecule has 0 bridgehead atoms. The van der Waals surface area contributed by atoms with E-state index in [1.54, 1.807) is 0 Å². The molecule has 0 aromatic carbocycles. The number of fused-ring (bicyclic) bond motifs is 1. The van der Waals surface area contributed by atoms with E-state index in [0.717, 1.165) is 24.4 Å². The van der Waals surface area contributed by atoms with Crippen molar-refractivity contribution < 1.29 is 0 Å². The van der Waals surface area contributed by atoms with Crippen LogP contribution in [0.2, 0.25) is 0 Å². The first-order valence-corrected chi connectivity index (χ1v) is 8.29. The summed E-state index contributed by atoms with van der Waals surface area (Å²) in [6, 6.07) is 0.952. The summed E-state index contributed by atoms with van der Waals surface area (Å²) in [5.41, 5.74) is 5.68. The second-order valence-electron chi connectivity index (χ2n) is 6.43. The van der Waals surface area contributed by atoms with Gasteiger partial charge in [-0.2, -0.15) is 0 Å². The van der Waals surface area contributed by atoms with Gasteiger partial charge < -0.3 is 10.6 Å². The Kier molecular flexibility index (Phi) is 5.97. The highest BCUT2D eigenvalue weighted by atomic mass is 15.2. The molecular formula is C16H32N2. The van der Waals surface area contributed by atoms with E-state index in [2.05, 4.69) is 11.8 Å². The van der Waals surface area contributed by atoms with Crippen LogP contribution in [0.1, 0.15) is 64.7 Å². The molecule has 18 heavy (non-hydrogen) atoms. The van der Waals surface area contributed by atoms with E-state index < -0.39 is 0 Å². The summed E-state index contributed by atoms with van der Waals surface area (Å²) >= 11 is 0. The molecule has 2 rings (SSSR count). The minimum Gasteiger partial charge on any atom is -0.330 e. The lowest BCUT2D eigenvalue weighted by atomic mass is 9.91. The van der Waals surface area contributed by atoms with Gasteiger partial charge in [-0.1, -0.05) is 19.8 Å². The summed E-state index contributed by atoms with van der Waals surface area (Å²) in [4.78, 5) is 2.82. The van der Waals surface area contributed by atoms with E-state index in [-0.39, 0.29) is 0 Å². The van der Waals surface area contributed by atoms with Crippen LogP contribution in [0.3, 0.4) is 0 Å². The van der Waals surface area contributed by atoms with Crippen LogP contribution in [0.25, 0.3) is 0 Å². The van der Waals surface area contributed by atoms with Crippen molar-refractivity contribution in [2.24, 2.45) is 17.6 Å². The molecule has 2 N–H and O–H groups in total. The molecule has 3 atom stereocenters. The summed E-state index contributed by atoms with van der Waals surface area (Å²) in [7, 11) is 0. The van der Waals surface area contributed by atoms with Gasteiger partial charge in [-0.25, -0.2) is 0 Å². The number of nitrogens with two attached hydrogens (primary N) is 1. The predicted molar refractivity (Wildman–Crippen MR) is 78.6 cm³/mol. The predicted octanol–water partition coefficient (Wildman–Crippen LogP) is 3.41. The van der Waals surface area contributed by atoms with Gasteiger partial charge in [0.1, 0.15) is 0 Å². The zero-order chi connectivity index (χ0) is 12.8. The molecule has 2 aliphatic rings. The third-order valence-corrected chi connectivity index (χ3v) is 5.32. The summed E-state index contributed by atoms with van der Waals surface area (Å²) in [6.07, 6.45) is 12.7. The maximum absolute atomic E-state index is 5.68. The molecule has 1 aliphatic carbocycles. The van der Waals surface area contributed by atoms with Crippen molar-refractivity contribution in [2.75, 3.05) is 19.6 Å². The number of likely N-dealkylation sites (tertiary alicyclic amines) is 1. The lowest BCUT2D eigenvalue weighted by Crippen LogP contribution is -2.43. The van der Waals surface area contributed by atoms with E-state index in [4.69, 9.17) is 5.73 Å². The van der Waals surface area contributed by atoms with Gasteiger partial charge in [0, 0.05) is 6.04 Å². The molecule has 0 spiro atoms. The van der Waals surface area contributed by atoms with Gasteiger partial charge in [0.2, 0.25) is 0 Å². The van der Waals surface area contributed by atoms with Crippen molar-refractivity contribution in [3.63, 3.8) is 0 Å². The van der Waals surface area contributed by atoms with Gasteiger partial charge in [0.15, 0.2) is 0 Å². The number of hydrogen-bond acceptors (Lipinski definition) is 2. The molecule has 1 aliphatic heterocycles. The molecule has 1 heterocycles. The van der Waals surface area contributed by atoms with Crippen LogP contribution in [0.5, 0.6) is 0 Å². The van der Waals surface area contributed by atoms with E-state index in [9.17, 15) is 0 Å². The molecule has 106 valence electrons. The molecule has 1 saturated carbocycles. The molecule has 0 aromatic rings. The van der Waals surface area contributed by atoms with Crippen LogP contribution in [0.15, 0.2) is 0 Å². The van der Waals surface area contributed by atoms with Gasteiger partial charge in [0.05, 0.1) is 0 Å². The number of piperidine rings is 1. The SMILES string of the molecule is CCC(CCN)CCCN1CCCC2CCCC21. The Morgan fingerprint density at radius 3 is 2.78 bits per heavy atom. The Morgan fingerprint density at radius 2 is 2.00 bits per heavy atom. The molecule has 2 nitrogen and oxygen atoms in total. The van der Waals surface area contributed by atoms with Crippen LogP contribution in [0.4, 0.5) is 0 Å². The van der Waals surface area contributed by atoms with Crippen LogP contribution in [0, 0.1) is 11.8 Å². The van der Waals surface area contributed by atoms with Crippen molar-refractivity contribution in [1.29, 1.82) is 0 Å². The minimum absolute atomic E-state index is 0.868. The molecular weight excluding hydrogens is 220 g/mol. The smallest absolute Gasteiger partial charge is 0.0123 e. The largest absolute Gasteiger partial charge is 0.330 e. The zero-order valence-electron chi connectivity index (χ0n) is 12.2. The Hall–Kier alpha value is -0.0800. The maximum atomic E-state index is 5.68. The normalized spacial score (nSPS) is 30.3. The second-order valence-corrected chi connectivity index (χ2v) is 6.43. The monoisotopic (exact) mass is 252 g/mol. The Bertz CT molecular complexity index is 229. The van der Waals surface area contributed by atoms with Gasteiger partial charge in [-0.05, 0) is 76.4 Å². The summed E-state index contributed by atoms with van der Waals surface area (Å²) in [5, 5.41) is 0. The molecule has 1 saturated heterocycles. The van der Waals surface area contributed by atoms with Crippen molar-refractivity contribution in [3.05, 3.63) is 0 Å². The Balaban J connectivity index is 1.69. The molecule has 2 heteroatoms. The first-order valence-electron chi connectivity index (χ1n) is 8.29. The molecule has 3 unspecified atom stereocenters. The van der Waals surface area contributed by atoms with E-state index in [1.165, 1.54) is 70.9 Å². The fourth-order valence-corrected chi connectivity index (χ4v) is 4.21. The van der Waals surface area contributed by atoms with Crippen molar-refractivity contribution in [1.82, 2.24) is 4.90 Å². The maximum Gasteiger partial charge on any atom is 0.0123 e. The highest BCUT2D eigenvalue weighted by Crippen LogP contribution is 2.36. The first-order chi connectivity index (χ1) is 8.85.